The summed E-state index contributed by atoms with van der Waals surface area (Å²) in [6.45, 7) is 4.91. The van der Waals surface area contributed by atoms with E-state index in [2.05, 4.69) is 31.3 Å². The van der Waals surface area contributed by atoms with Crippen molar-refractivity contribution >= 4 is 17.8 Å². The highest BCUT2D eigenvalue weighted by Gasteiger charge is 2.19. The lowest BCUT2D eigenvalue weighted by molar-refractivity contribution is -0.150. The van der Waals surface area contributed by atoms with E-state index in [-0.39, 0.29) is 18.0 Å². The van der Waals surface area contributed by atoms with Gasteiger partial charge in [-0.05, 0) is 77.2 Å². The van der Waals surface area contributed by atoms with E-state index in [9.17, 15) is 19.5 Å². The van der Waals surface area contributed by atoms with Crippen molar-refractivity contribution < 1.29 is 24.2 Å². The van der Waals surface area contributed by atoms with Crippen molar-refractivity contribution in [3.63, 3.8) is 0 Å². The van der Waals surface area contributed by atoms with Crippen LogP contribution >= 0.6 is 0 Å². The smallest absolute Gasteiger partial charge is 0.326 e. The molecule has 0 radical (unpaired) electrons. The van der Waals surface area contributed by atoms with Crippen LogP contribution in [0.4, 0.5) is 0 Å². The highest BCUT2D eigenvalue weighted by atomic mass is 16.5. The topological polar surface area (TPSA) is 119 Å². The zero-order chi connectivity index (χ0) is 33.2. The van der Waals surface area contributed by atoms with E-state index < -0.39 is 12.0 Å². The Morgan fingerprint density at radius 1 is 0.622 bits per heavy atom. The molecule has 0 fully saturated rings. The van der Waals surface area contributed by atoms with Crippen LogP contribution in [0.3, 0.4) is 0 Å². The molecule has 0 rings (SSSR count). The molecule has 45 heavy (non-hydrogen) atoms. The molecule has 7 nitrogen and oxygen atoms in total. The van der Waals surface area contributed by atoms with E-state index in [1.54, 1.807) is 0 Å². The van der Waals surface area contributed by atoms with Crippen LogP contribution in [0.15, 0.2) is 12.2 Å². The van der Waals surface area contributed by atoms with Crippen LogP contribution in [0.2, 0.25) is 0 Å². The molecule has 0 spiro atoms. The first-order chi connectivity index (χ1) is 21.9. The summed E-state index contributed by atoms with van der Waals surface area (Å²) in [5.41, 5.74) is 5.47. The number of nitrogens with two attached hydrogens (primary N) is 1. The number of allylic oxidation sites excluding steroid dienone is 2. The van der Waals surface area contributed by atoms with Gasteiger partial charge in [-0.15, -0.1) is 0 Å². The van der Waals surface area contributed by atoms with Crippen molar-refractivity contribution in [3.8, 4) is 0 Å². The van der Waals surface area contributed by atoms with Crippen LogP contribution in [0.1, 0.15) is 194 Å². The fraction of sp³-hybridized carbons (Fsp3) is 0.868. The second kappa shape index (κ2) is 33.5. The SMILES string of the molecule is CCCCCCCC/C=C\CCCC(CCCCCCCC(=O)NC(CCCN)C(=O)O)OC(=O)CCCCCCCCCC. The van der Waals surface area contributed by atoms with Gasteiger partial charge in [-0.25, -0.2) is 4.79 Å². The number of carboxylic acids is 1. The number of hydrogen-bond donors (Lipinski definition) is 3. The number of carboxylic acid groups (broad SMARTS) is 1. The van der Waals surface area contributed by atoms with Crippen molar-refractivity contribution in [2.75, 3.05) is 6.54 Å². The number of rotatable bonds is 34. The van der Waals surface area contributed by atoms with Crippen LogP contribution in [0.5, 0.6) is 0 Å². The molecule has 264 valence electrons. The second-order valence-electron chi connectivity index (χ2n) is 13.0. The van der Waals surface area contributed by atoms with Crippen LogP contribution in [-0.4, -0.2) is 41.6 Å². The molecule has 0 aromatic rings. The third-order valence-electron chi connectivity index (χ3n) is 8.58. The van der Waals surface area contributed by atoms with Gasteiger partial charge >= 0.3 is 11.9 Å². The molecule has 0 heterocycles. The maximum absolute atomic E-state index is 12.6. The normalized spacial score (nSPS) is 12.8. The first-order valence-electron chi connectivity index (χ1n) is 19.0. The summed E-state index contributed by atoms with van der Waals surface area (Å²) in [4.78, 5) is 36.1. The lowest BCUT2D eigenvalue weighted by Gasteiger charge is -2.18. The Labute approximate surface area is 277 Å². The van der Waals surface area contributed by atoms with Gasteiger partial charge < -0.3 is 20.9 Å². The standard InChI is InChI=1S/C38H72N2O5/c1-3-5-7-9-11-13-14-15-16-19-23-28-34(45-37(42)32-26-22-17-12-10-8-6-4-2)29-24-20-18-21-25-31-36(41)40-35(38(43)44)30-27-33-39/h15-16,34-35H,3-14,17-33,39H2,1-2H3,(H,40,41)(H,43,44)/b16-15-. The van der Waals surface area contributed by atoms with Crippen molar-refractivity contribution in [1.82, 2.24) is 5.32 Å². The van der Waals surface area contributed by atoms with Crippen LogP contribution in [-0.2, 0) is 19.1 Å². The predicted molar refractivity (Wildman–Crippen MR) is 188 cm³/mol. The molecule has 0 aromatic carbocycles. The number of nitrogens with one attached hydrogen (secondary N) is 1. The lowest BCUT2D eigenvalue weighted by atomic mass is 10.0. The Balaban J connectivity index is 4.34. The third-order valence-corrected chi connectivity index (χ3v) is 8.58. The predicted octanol–water partition coefficient (Wildman–Crippen LogP) is 9.95. The number of unbranched alkanes of at least 4 members (excludes halogenated alkanes) is 18. The first kappa shape index (κ1) is 43.1. The molecule has 4 N–H and O–H groups in total. The molecule has 2 atom stereocenters. The third kappa shape index (κ3) is 30.5. The van der Waals surface area contributed by atoms with Gasteiger partial charge in [-0.2, -0.15) is 0 Å². The fourth-order valence-corrected chi connectivity index (χ4v) is 5.69. The Bertz CT molecular complexity index is 727. The first-order valence-corrected chi connectivity index (χ1v) is 19.0. The van der Waals surface area contributed by atoms with Crippen LogP contribution in [0, 0.1) is 0 Å². The van der Waals surface area contributed by atoms with Crippen molar-refractivity contribution in [3.05, 3.63) is 12.2 Å². The van der Waals surface area contributed by atoms with Crippen LogP contribution < -0.4 is 11.1 Å². The summed E-state index contributed by atoms with van der Waals surface area (Å²) in [6, 6.07) is -0.855. The number of esters is 1. The minimum Gasteiger partial charge on any atom is -0.480 e. The number of ether oxygens (including phenoxy) is 1. The zero-order valence-corrected chi connectivity index (χ0v) is 29.5. The zero-order valence-electron chi connectivity index (χ0n) is 29.5. The average Bonchev–Trinajstić information content (AvgIpc) is 3.02. The summed E-state index contributed by atoms with van der Waals surface area (Å²) in [6.07, 6.45) is 33.9. The van der Waals surface area contributed by atoms with Gasteiger partial charge in [0.25, 0.3) is 0 Å². The molecule has 7 heteroatoms. The van der Waals surface area contributed by atoms with Gasteiger partial charge in [0, 0.05) is 12.8 Å². The molecule has 1 amide bonds. The van der Waals surface area contributed by atoms with E-state index in [1.165, 1.54) is 83.5 Å². The highest BCUT2D eigenvalue weighted by molar-refractivity contribution is 5.83. The fourth-order valence-electron chi connectivity index (χ4n) is 5.69. The van der Waals surface area contributed by atoms with Crippen LogP contribution in [0.25, 0.3) is 0 Å². The van der Waals surface area contributed by atoms with Crippen molar-refractivity contribution in [2.45, 2.75) is 206 Å². The lowest BCUT2D eigenvalue weighted by Crippen LogP contribution is -2.40. The number of amides is 1. The molecular weight excluding hydrogens is 564 g/mol. The Morgan fingerprint density at radius 3 is 1.69 bits per heavy atom. The van der Waals surface area contributed by atoms with E-state index in [4.69, 9.17) is 10.5 Å². The maximum atomic E-state index is 12.6. The molecule has 0 saturated carbocycles. The van der Waals surface area contributed by atoms with E-state index in [0.717, 1.165) is 70.6 Å². The monoisotopic (exact) mass is 637 g/mol. The molecule has 0 aliphatic rings. The summed E-state index contributed by atoms with van der Waals surface area (Å²) >= 11 is 0. The minimum atomic E-state index is -1.01. The molecule has 0 aliphatic carbocycles. The molecule has 0 aliphatic heterocycles. The van der Waals surface area contributed by atoms with E-state index in [0.29, 0.717) is 32.2 Å². The summed E-state index contributed by atoms with van der Waals surface area (Å²) in [5.74, 6) is -1.25. The van der Waals surface area contributed by atoms with Gasteiger partial charge in [0.15, 0.2) is 0 Å². The molecule has 2 unspecified atom stereocenters. The van der Waals surface area contributed by atoms with E-state index in [1.807, 2.05) is 0 Å². The van der Waals surface area contributed by atoms with Gasteiger partial charge in [-0.1, -0.05) is 122 Å². The maximum Gasteiger partial charge on any atom is 0.326 e. The highest BCUT2D eigenvalue weighted by Crippen LogP contribution is 2.18. The Morgan fingerprint density at radius 2 is 1.11 bits per heavy atom. The minimum absolute atomic E-state index is 0.00856. The molecular formula is C38H72N2O5. The van der Waals surface area contributed by atoms with Gasteiger partial charge in [0.05, 0.1) is 0 Å². The second-order valence-corrected chi connectivity index (χ2v) is 13.0. The summed E-state index contributed by atoms with van der Waals surface area (Å²) in [7, 11) is 0. The largest absolute Gasteiger partial charge is 0.480 e. The van der Waals surface area contributed by atoms with Crippen molar-refractivity contribution in [2.24, 2.45) is 5.73 Å². The Hall–Kier alpha value is -1.89. The number of aliphatic carboxylic acids is 1. The Kier molecular flexibility index (Phi) is 32.1. The van der Waals surface area contributed by atoms with E-state index >= 15 is 0 Å². The molecule has 0 saturated heterocycles. The van der Waals surface area contributed by atoms with Gasteiger partial charge in [0.2, 0.25) is 5.91 Å². The van der Waals surface area contributed by atoms with Crippen molar-refractivity contribution in [1.29, 1.82) is 0 Å². The molecule has 0 aromatic heterocycles. The quantitative estimate of drug-likeness (QED) is 0.0367. The number of carbonyl (C=O) groups is 3. The summed E-state index contributed by atoms with van der Waals surface area (Å²) < 4.78 is 5.97. The number of hydrogen-bond acceptors (Lipinski definition) is 5. The molecule has 0 bridgehead atoms. The average molecular weight is 637 g/mol. The number of carbonyl (C=O) groups excluding carboxylic acids is 2. The van der Waals surface area contributed by atoms with Gasteiger partial charge in [0.1, 0.15) is 12.1 Å². The van der Waals surface area contributed by atoms with Gasteiger partial charge in [-0.3, -0.25) is 9.59 Å². The summed E-state index contributed by atoms with van der Waals surface area (Å²) in [5, 5.41) is 11.9.